The van der Waals surface area contributed by atoms with Crippen molar-refractivity contribution in [1.82, 2.24) is 4.98 Å². The SMILES string of the molecule is NC(=O)c1cccnc1.[Cu]. The van der Waals surface area contributed by atoms with Gasteiger partial charge in [0.2, 0.25) is 5.91 Å². The summed E-state index contributed by atoms with van der Waals surface area (Å²) in [7, 11) is 0. The van der Waals surface area contributed by atoms with Crippen LogP contribution in [-0.4, -0.2) is 10.9 Å². The van der Waals surface area contributed by atoms with Gasteiger partial charge in [-0.1, -0.05) is 0 Å². The van der Waals surface area contributed by atoms with Crippen LogP contribution in [-0.2, 0) is 17.1 Å². The molecular formula is C6H6CuN2O. The van der Waals surface area contributed by atoms with E-state index in [9.17, 15) is 4.79 Å². The second-order valence-electron chi connectivity index (χ2n) is 1.61. The van der Waals surface area contributed by atoms with Crippen LogP contribution in [0.2, 0.25) is 0 Å². The van der Waals surface area contributed by atoms with E-state index in [0.29, 0.717) is 5.56 Å². The first kappa shape index (κ1) is 9.14. The number of pyridine rings is 1. The monoisotopic (exact) mass is 185 g/mol. The van der Waals surface area contributed by atoms with E-state index in [1.165, 1.54) is 6.20 Å². The Morgan fingerprint density at radius 1 is 1.60 bits per heavy atom. The molecule has 0 unspecified atom stereocenters. The molecular weight excluding hydrogens is 180 g/mol. The second kappa shape index (κ2) is 4.04. The molecule has 57 valence electrons. The normalized spacial score (nSPS) is 8.00. The number of rotatable bonds is 1. The van der Waals surface area contributed by atoms with Crippen molar-refractivity contribution < 1.29 is 21.9 Å². The summed E-state index contributed by atoms with van der Waals surface area (Å²) in [5.74, 6) is -0.442. The Bertz CT molecular complexity index is 212. The van der Waals surface area contributed by atoms with Gasteiger partial charge in [-0.3, -0.25) is 9.78 Å². The molecule has 3 nitrogen and oxygen atoms in total. The molecule has 0 aliphatic carbocycles. The molecule has 0 fully saturated rings. The molecule has 2 N–H and O–H groups in total. The maximum Gasteiger partial charge on any atom is 0.250 e. The van der Waals surface area contributed by atoms with Gasteiger partial charge in [0.15, 0.2) is 0 Å². The predicted octanol–water partition coefficient (Wildman–Crippen LogP) is 0.178. The Balaban J connectivity index is 0.000000810. The summed E-state index contributed by atoms with van der Waals surface area (Å²) in [5, 5.41) is 0. The van der Waals surface area contributed by atoms with Crippen molar-refractivity contribution in [3.63, 3.8) is 0 Å². The molecule has 0 spiro atoms. The summed E-state index contributed by atoms with van der Waals surface area (Å²) < 4.78 is 0. The van der Waals surface area contributed by atoms with E-state index in [4.69, 9.17) is 5.73 Å². The molecule has 0 bridgehead atoms. The van der Waals surface area contributed by atoms with Gasteiger partial charge in [-0.05, 0) is 12.1 Å². The first-order valence-electron chi connectivity index (χ1n) is 2.50. The molecule has 1 radical (unpaired) electrons. The number of carbonyl (C=O) groups is 1. The Labute approximate surface area is 69.1 Å². The van der Waals surface area contributed by atoms with Gasteiger partial charge in [-0.2, -0.15) is 0 Å². The van der Waals surface area contributed by atoms with Crippen molar-refractivity contribution in [1.29, 1.82) is 0 Å². The minimum atomic E-state index is -0.442. The summed E-state index contributed by atoms with van der Waals surface area (Å²) in [6, 6.07) is 3.29. The first-order valence-corrected chi connectivity index (χ1v) is 2.50. The molecule has 0 saturated carbocycles. The van der Waals surface area contributed by atoms with Crippen molar-refractivity contribution in [2.75, 3.05) is 0 Å². The van der Waals surface area contributed by atoms with Gasteiger partial charge in [-0.15, -0.1) is 0 Å². The third-order valence-electron chi connectivity index (χ3n) is 0.946. The Morgan fingerprint density at radius 2 is 2.30 bits per heavy atom. The first-order chi connectivity index (χ1) is 4.30. The van der Waals surface area contributed by atoms with Gasteiger partial charge in [0.25, 0.3) is 0 Å². The van der Waals surface area contributed by atoms with Gasteiger partial charge in [-0.25, -0.2) is 0 Å². The summed E-state index contributed by atoms with van der Waals surface area (Å²) in [6.07, 6.45) is 3.02. The largest absolute Gasteiger partial charge is 0.366 e. The molecule has 1 rings (SSSR count). The van der Waals surface area contributed by atoms with Gasteiger partial charge in [0.05, 0.1) is 5.56 Å². The van der Waals surface area contributed by atoms with E-state index in [-0.39, 0.29) is 17.1 Å². The fraction of sp³-hybridized carbons (Fsp3) is 0. The number of nitrogens with zero attached hydrogens (tertiary/aromatic N) is 1. The maximum absolute atomic E-state index is 10.4. The van der Waals surface area contributed by atoms with Crippen molar-refractivity contribution >= 4 is 5.91 Å². The van der Waals surface area contributed by atoms with E-state index in [2.05, 4.69) is 4.98 Å². The van der Waals surface area contributed by atoms with E-state index in [0.717, 1.165) is 0 Å². The zero-order valence-electron chi connectivity index (χ0n) is 5.04. The Hall–Kier alpha value is -0.861. The Morgan fingerprint density at radius 3 is 2.60 bits per heavy atom. The zero-order valence-corrected chi connectivity index (χ0v) is 5.99. The average Bonchev–Trinajstić information content (AvgIpc) is 1.90. The molecule has 4 heteroatoms. The number of nitrogens with two attached hydrogens (primary N) is 1. The number of carbonyl (C=O) groups excluding carboxylic acids is 1. The van der Waals surface area contributed by atoms with Crippen molar-refractivity contribution in [2.24, 2.45) is 5.73 Å². The third-order valence-corrected chi connectivity index (χ3v) is 0.946. The Kier molecular flexibility index (Phi) is 3.69. The molecule has 0 aliphatic rings. The standard InChI is InChI=1S/C6H6N2O.Cu/c7-6(9)5-2-1-3-8-4-5;/h1-4H,(H2,7,9);. The summed E-state index contributed by atoms with van der Waals surface area (Å²) in [6.45, 7) is 0. The summed E-state index contributed by atoms with van der Waals surface area (Å²) >= 11 is 0. The molecule has 10 heavy (non-hydrogen) atoms. The van der Waals surface area contributed by atoms with Gasteiger partial charge >= 0.3 is 0 Å². The van der Waals surface area contributed by atoms with Crippen LogP contribution >= 0.6 is 0 Å². The molecule has 1 aromatic heterocycles. The van der Waals surface area contributed by atoms with Crippen LogP contribution in [0.5, 0.6) is 0 Å². The quantitative estimate of drug-likeness (QED) is 0.635. The molecule has 0 saturated heterocycles. The van der Waals surface area contributed by atoms with E-state index >= 15 is 0 Å². The van der Waals surface area contributed by atoms with Crippen LogP contribution in [0, 0.1) is 0 Å². The van der Waals surface area contributed by atoms with Crippen LogP contribution in [0.3, 0.4) is 0 Å². The minimum Gasteiger partial charge on any atom is -0.366 e. The van der Waals surface area contributed by atoms with Crippen molar-refractivity contribution in [2.45, 2.75) is 0 Å². The molecule has 0 aliphatic heterocycles. The van der Waals surface area contributed by atoms with Crippen LogP contribution in [0.25, 0.3) is 0 Å². The van der Waals surface area contributed by atoms with Crippen LogP contribution in [0.1, 0.15) is 10.4 Å². The molecule has 1 aromatic rings. The van der Waals surface area contributed by atoms with Gasteiger partial charge < -0.3 is 5.73 Å². The smallest absolute Gasteiger partial charge is 0.250 e. The second-order valence-corrected chi connectivity index (χ2v) is 1.61. The van der Waals surface area contributed by atoms with Gasteiger partial charge in [0, 0.05) is 29.5 Å². The van der Waals surface area contributed by atoms with Crippen LogP contribution < -0.4 is 5.73 Å². The summed E-state index contributed by atoms with van der Waals surface area (Å²) in [5.41, 5.74) is 5.38. The number of aromatic nitrogens is 1. The number of hydrogen-bond donors (Lipinski definition) is 1. The van der Waals surface area contributed by atoms with Gasteiger partial charge in [0.1, 0.15) is 0 Å². The van der Waals surface area contributed by atoms with E-state index in [1.54, 1.807) is 18.3 Å². The topological polar surface area (TPSA) is 56.0 Å². The minimum absolute atomic E-state index is 0. The number of hydrogen-bond acceptors (Lipinski definition) is 2. The van der Waals surface area contributed by atoms with Crippen LogP contribution in [0.4, 0.5) is 0 Å². The number of amides is 1. The van der Waals surface area contributed by atoms with Crippen molar-refractivity contribution in [3.8, 4) is 0 Å². The fourth-order valence-electron chi connectivity index (χ4n) is 0.509. The fourth-order valence-corrected chi connectivity index (χ4v) is 0.509. The molecule has 0 atom stereocenters. The van der Waals surface area contributed by atoms with E-state index in [1.807, 2.05) is 0 Å². The average molecular weight is 186 g/mol. The molecule has 1 amide bonds. The molecule has 0 aromatic carbocycles. The van der Waals surface area contributed by atoms with Crippen molar-refractivity contribution in [3.05, 3.63) is 30.1 Å². The number of primary amides is 1. The maximum atomic E-state index is 10.4. The zero-order chi connectivity index (χ0) is 6.69. The van der Waals surface area contributed by atoms with E-state index < -0.39 is 5.91 Å². The predicted molar refractivity (Wildman–Crippen MR) is 32.8 cm³/mol. The van der Waals surface area contributed by atoms with Crippen LogP contribution in [0.15, 0.2) is 24.5 Å². The molecule has 1 heterocycles. The summed E-state index contributed by atoms with van der Waals surface area (Å²) in [4.78, 5) is 14.1. The third kappa shape index (κ3) is 2.17.